The van der Waals surface area contributed by atoms with Crippen LogP contribution in [0.5, 0.6) is 0 Å². The van der Waals surface area contributed by atoms with Gasteiger partial charge in [0.25, 0.3) is 0 Å². The molecule has 0 N–H and O–H groups in total. The third-order valence-electron chi connectivity index (χ3n) is 2.54. The number of hydrogen-bond acceptors (Lipinski definition) is 5. The van der Waals surface area contributed by atoms with Crippen LogP contribution in [0.25, 0.3) is 0 Å². The number of esters is 1. The van der Waals surface area contributed by atoms with E-state index >= 15 is 0 Å². The Labute approximate surface area is 131 Å². The Morgan fingerprint density at radius 3 is 1.70 bits per heavy atom. The topological polar surface area (TPSA) is 54.0 Å². The van der Waals surface area contributed by atoms with Gasteiger partial charge in [-0.1, -0.05) is 22.9 Å². The third kappa shape index (κ3) is 5.81. The molecule has 0 aliphatic carbocycles. The van der Waals surface area contributed by atoms with Gasteiger partial charge in [-0.05, 0) is 41.0 Å². The average molecular weight is 371 g/mol. The van der Waals surface area contributed by atoms with Crippen LogP contribution in [-0.2, 0) is 22.8 Å². The van der Waals surface area contributed by atoms with Crippen molar-refractivity contribution < 1.29 is 22.8 Å². The lowest BCUT2D eigenvalue weighted by atomic mass is 10.2. The molecule has 0 aliphatic heterocycles. The van der Waals surface area contributed by atoms with Crippen molar-refractivity contribution in [3.05, 3.63) is 0 Å². The zero-order chi connectivity index (χ0) is 15.8. The molecule has 0 rings (SSSR count). The number of carbonyl (C=O) groups excluding carboxylic acids is 1. The van der Waals surface area contributed by atoms with Crippen LogP contribution in [0.3, 0.4) is 0 Å². The van der Waals surface area contributed by atoms with Gasteiger partial charge < -0.3 is 18.0 Å². The first-order chi connectivity index (χ1) is 9.27. The van der Waals surface area contributed by atoms with Crippen LogP contribution in [-0.4, -0.2) is 44.6 Å². The molecular formula is C13H27BrO5Si. The fraction of sp³-hybridized carbons (Fsp3) is 0.923. The first-order valence-corrected chi connectivity index (χ1v) is 9.68. The Kier molecular flexibility index (Phi) is 9.17. The van der Waals surface area contributed by atoms with Crippen LogP contribution in [0, 0.1) is 0 Å². The van der Waals surface area contributed by atoms with E-state index in [1.165, 1.54) is 0 Å². The molecule has 20 heavy (non-hydrogen) atoms. The predicted molar refractivity (Wildman–Crippen MR) is 83.8 cm³/mol. The zero-order valence-corrected chi connectivity index (χ0v) is 15.9. The summed E-state index contributed by atoms with van der Waals surface area (Å²) < 4.78 is 22.2. The largest absolute Gasteiger partial charge is 0.544 e. The summed E-state index contributed by atoms with van der Waals surface area (Å²) in [6.45, 7) is 12.4. The summed E-state index contributed by atoms with van der Waals surface area (Å²) in [4.78, 5) is 12.1. The van der Waals surface area contributed by atoms with Gasteiger partial charge in [0.05, 0.1) is 0 Å². The second-order valence-electron chi connectivity index (χ2n) is 4.68. The minimum absolute atomic E-state index is 0.347. The van der Waals surface area contributed by atoms with E-state index in [1.807, 2.05) is 27.7 Å². The fourth-order valence-corrected chi connectivity index (χ4v) is 4.54. The lowest BCUT2D eigenvalue weighted by Crippen LogP contribution is -2.58. The van der Waals surface area contributed by atoms with E-state index in [0.717, 1.165) is 0 Å². The Hall–Kier alpha value is 0.0469. The van der Waals surface area contributed by atoms with Crippen molar-refractivity contribution in [1.82, 2.24) is 0 Å². The molecule has 0 saturated carbocycles. The van der Waals surface area contributed by atoms with Gasteiger partial charge in [0.15, 0.2) is 5.73 Å². The van der Waals surface area contributed by atoms with Crippen LogP contribution < -0.4 is 0 Å². The van der Waals surface area contributed by atoms with Crippen LogP contribution in [0.15, 0.2) is 0 Å². The summed E-state index contributed by atoms with van der Waals surface area (Å²) in [6, 6.07) is 0. The maximum atomic E-state index is 12.1. The molecule has 1 unspecified atom stereocenters. The van der Waals surface area contributed by atoms with Gasteiger partial charge >= 0.3 is 14.8 Å². The highest BCUT2D eigenvalue weighted by Gasteiger charge is 2.52. The Bertz CT molecular complexity index is 276. The number of alkyl halides is 1. The molecule has 0 aromatic carbocycles. The van der Waals surface area contributed by atoms with E-state index in [-0.39, 0.29) is 5.97 Å². The minimum Gasteiger partial charge on any atom is -0.457 e. The van der Waals surface area contributed by atoms with Gasteiger partial charge in [-0.15, -0.1) is 0 Å². The summed E-state index contributed by atoms with van der Waals surface area (Å²) >= 11 is 3.30. The first-order valence-electron chi connectivity index (χ1n) is 7.09. The van der Waals surface area contributed by atoms with Gasteiger partial charge in [0.2, 0.25) is 0 Å². The summed E-state index contributed by atoms with van der Waals surface area (Å²) in [5, 5.41) is 0. The molecule has 1 atom stereocenters. The third-order valence-corrected chi connectivity index (χ3v) is 6.25. The Balaban J connectivity index is 5.20. The smallest absolute Gasteiger partial charge is 0.457 e. The highest BCUT2D eigenvalue weighted by Crippen LogP contribution is 2.25. The Morgan fingerprint density at radius 1 is 1.05 bits per heavy atom. The zero-order valence-electron chi connectivity index (χ0n) is 13.3. The van der Waals surface area contributed by atoms with Crippen LogP contribution in [0.4, 0.5) is 0 Å². The van der Waals surface area contributed by atoms with Crippen molar-refractivity contribution >= 4 is 30.7 Å². The van der Waals surface area contributed by atoms with Gasteiger partial charge in [-0.2, -0.15) is 0 Å². The normalized spacial score (nSPS) is 14.2. The standard InChI is InChI=1S/C13H27BrO5Si/c1-7-11(19-12(15)13(5,6)14)20(16-8-2,17-9-3)18-10-4/h11H,7-10H2,1-6H3. The van der Waals surface area contributed by atoms with Crippen molar-refractivity contribution in [2.75, 3.05) is 19.8 Å². The average Bonchev–Trinajstić information content (AvgIpc) is 2.35. The maximum absolute atomic E-state index is 12.1. The van der Waals surface area contributed by atoms with Crippen LogP contribution >= 0.6 is 15.9 Å². The van der Waals surface area contributed by atoms with Gasteiger partial charge in [0, 0.05) is 19.8 Å². The fourth-order valence-electron chi connectivity index (χ4n) is 1.68. The summed E-state index contributed by atoms with van der Waals surface area (Å²) in [7, 11) is -3.03. The summed E-state index contributed by atoms with van der Waals surface area (Å²) in [5.74, 6) is -0.347. The van der Waals surface area contributed by atoms with Gasteiger partial charge in [-0.3, -0.25) is 4.79 Å². The van der Waals surface area contributed by atoms with Gasteiger partial charge in [0.1, 0.15) is 4.32 Å². The molecule has 0 aromatic heterocycles. The van der Waals surface area contributed by atoms with Gasteiger partial charge in [-0.25, -0.2) is 0 Å². The molecule has 7 heteroatoms. The minimum atomic E-state index is -3.03. The highest BCUT2D eigenvalue weighted by molar-refractivity contribution is 9.10. The molecule has 5 nitrogen and oxygen atoms in total. The van der Waals surface area contributed by atoms with E-state index < -0.39 is 18.9 Å². The number of rotatable bonds is 10. The van der Waals surface area contributed by atoms with E-state index in [2.05, 4.69) is 15.9 Å². The van der Waals surface area contributed by atoms with Crippen molar-refractivity contribution in [2.24, 2.45) is 0 Å². The van der Waals surface area contributed by atoms with Crippen molar-refractivity contribution in [3.63, 3.8) is 0 Å². The van der Waals surface area contributed by atoms with Crippen LogP contribution in [0.1, 0.15) is 48.0 Å². The molecule has 0 bridgehead atoms. The molecule has 0 amide bonds. The highest BCUT2D eigenvalue weighted by atomic mass is 79.9. The lowest BCUT2D eigenvalue weighted by molar-refractivity contribution is -0.151. The van der Waals surface area contributed by atoms with Crippen molar-refractivity contribution in [2.45, 2.75) is 58.0 Å². The van der Waals surface area contributed by atoms with Crippen molar-refractivity contribution in [1.29, 1.82) is 0 Å². The van der Waals surface area contributed by atoms with E-state index in [4.69, 9.17) is 18.0 Å². The number of halogens is 1. The molecule has 0 saturated heterocycles. The first kappa shape index (κ1) is 20.0. The molecule has 0 heterocycles. The summed E-state index contributed by atoms with van der Waals surface area (Å²) in [6.07, 6.45) is 0.584. The number of hydrogen-bond donors (Lipinski definition) is 0. The molecule has 0 fully saturated rings. The van der Waals surface area contributed by atoms with E-state index in [9.17, 15) is 4.79 Å². The lowest BCUT2D eigenvalue weighted by Gasteiger charge is -2.35. The quantitative estimate of drug-likeness (QED) is 0.336. The molecule has 120 valence electrons. The molecule has 0 aliphatic rings. The SMILES string of the molecule is CCO[Si](OCC)(OCC)C(CC)OC(=O)C(C)(C)Br. The monoisotopic (exact) mass is 370 g/mol. The molecule has 0 radical (unpaired) electrons. The molecule has 0 spiro atoms. The Morgan fingerprint density at radius 2 is 1.45 bits per heavy atom. The summed E-state index contributed by atoms with van der Waals surface area (Å²) in [5.41, 5.74) is -0.494. The molecular weight excluding hydrogens is 344 g/mol. The van der Waals surface area contributed by atoms with Crippen molar-refractivity contribution in [3.8, 4) is 0 Å². The number of carbonyl (C=O) groups is 1. The second kappa shape index (κ2) is 9.14. The van der Waals surface area contributed by atoms with E-state index in [1.54, 1.807) is 13.8 Å². The maximum Gasteiger partial charge on any atom is 0.544 e. The predicted octanol–water partition coefficient (Wildman–Crippen LogP) is 3.07. The van der Waals surface area contributed by atoms with Crippen LogP contribution in [0.2, 0.25) is 0 Å². The number of ether oxygens (including phenoxy) is 1. The second-order valence-corrected chi connectivity index (χ2v) is 9.38. The van der Waals surface area contributed by atoms with E-state index in [0.29, 0.717) is 26.2 Å². The molecule has 0 aromatic rings.